The van der Waals surface area contributed by atoms with Gasteiger partial charge in [-0.3, -0.25) is 9.69 Å². The Balaban J connectivity index is 1.69. The number of nitrogens with zero attached hydrogens (tertiary/aromatic N) is 1. The van der Waals surface area contributed by atoms with Gasteiger partial charge in [-0.2, -0.15) is 0 Å². The third-order valence-corrected chi connectivity index (χ3v) is 5.84. The predicted octanol–water partition coefficient (Wildman–Crippen LogP) is 0.0601. The van der Waals surface area contributed by atoms with Crippen molar-refractivity contribution in [3.63, 3.8) is 0 Å². The summed E-state index contributed by atoms with van der Waals surface area (Å²) >= 11 is 0. The second kappa shape index (κ2) is 10.6. The number of rotatable bonds is 8. The van der Waals surface area contributed by atoms with Crippen molar-refractivity contribution in [3.05, 3.63) is 35.6 Å². The minimum atomic E-state index is -1.44. The highest BCUT2D eigenvalue weighted by atomic mass is 19.1. The number of carbonyl (C=O) groups is 1. The summed E-state index contributed by atoms with van der Waals surface area (Å²) < 4.78 is 30.6. The number of carbonyl (C=O) groups excluding carboxylic acids is 1. The molecule has 0 bridgehead atoms. The summed E-state index contributed by atoms with van der Waals surface area (Å²) in [5.74, 6) is -0.833. The molecule has 168 valence electrons. The maximum absolute atomic E-state index is 14.0. The first kappa shape index (κ1) is 23.1. The predicted molar refractivity (Wildman–Crippen MR) is 106 cm³/mol. The van der Waals surface area contributed by atoms with E-state index < -0.39 is 35.6 Å². The molecule has 2 fully saturated rings. The first-order valence-electron chi connectivity index (χ1n) is 10.3. The van der Waals surface area contributed by atoms with Crippen molar-refractivity contribution in [3.8, 4) is 0 Å². The molecule has 1 heterocycles. The van der Waals surface area contributed by atoms with Gasteiger partial charge < -0.3 is 29.7 Å². The number of aliphatic hydroxyl groups excluding tert-OH is 2. The van der Waals surface area contributed by atoms with Crippen molar-refractivity contribution in [1.29, 1.82) is 0 Å². The minimum Gasteiger partial charge on any atom is -0.390 e. The van der Waals surface area contributed by atoms with Gasteiger partial charge in [0, 0.05) is 51.7 Å². The Morgan fingerprint density at radius 1 is 1.30 bits per heavy atom. The molecular weight excluding hydrogens is 395 g/mol. The number of hydrogen-bond acceptors (Lipinski definition) is 7. The van der Waals surface area contributed by atoms with Crippen LogP contribution < -0.4 is 5.32 Å². The maximum Gasteiger partial charge on any atom is 0.252 e. The van der Waals surface area contributed by atoms with Crippen molar-refractivity contribution in [2.24, 2.45) is 0 Å². The molecular formula is C21H31FN2O6. The number of nitrogens with one attached hydrogen (secondary N) is 1. The fraction of sp³-hybridized carbons (Fsp3) is 0.667. The fourth-order valence-electron chi connectivity index (χ4n) is 3.97. The average molecular weight is 426 g/mol. The molecule has 0 spiro atoms. The molecule has 4 atom stereocenters. The summed E-state index contributed by atoms with van der Waals surface area (Å²) in [6, 6.07) is 6.18. The number of benzene rings is 1. The highest BCUT2D eigenvalue weighted by Crippen LogP contribution is 2.35. The molecule has 2 aliphatic rings. The van der Waals surface area contributed by atoms with Crippen molar-refractivity contribution >= 4 is 5.91 Å². The van der Waals surface area contributed by atoms with Crippen LogP contribution in [0.15, 0.2) is 24.3 Å². The number of aliphatic hydroxyl groups is 2. The quantitative estimate of drug-likeness (QED) is 0.541. The molecule has 1 aromatic carbocycles. The highest BCUT2D eigenvalue weighted by Gasteiger charge is 2.51. The van der Waals surface area contributed by atoms with Gasteiger partial charge in [0.05, 0.1) is 32.0 Å². The van der Waals surface area contributed by atoms with Crippen LogP contribution in [0, 0.1) is 5.82 Å². The lowest BCUT2D eigenvalue weighted by atomic mass is 9.78. The van der Waals surface area contributed by atoms with E-state index in [-0.39, 0.29) is 19.4 Å². The van der Waals surface area contributed by atoms with Crippen molar-refractivity contribution in [2.45, 2.75) is 43.4 Å². The van der Waals surface area contributed by atoms with E-state index in [1.54, 1.807) is 18.2 Å². The molecule has 0 radical (unpaired) electrons. The van der Waals surface area contributed by atoms with Gasteiger partial charge in [0.25, 0.3) is 5.91 Å². The van der Waals surface area contributed by atoms with Gasteiger partial charge in [-0.15, -0.1) is 0 Å². The third kappa shape index (κ3) is 5.54. The number of ether oxygens (including phenoxy) is 3. The van der Waals surface area contributed by atoms with Crippen LogP contribution in [0.3, 0.4) is 0 Å². The Morgan fingerprint density at radius 2 is 2.03 bits per heavy atom. The zero-order chi connectivity index (χ0) is 21.6. The van der Waals surface area contributed by atoms with Crippen LogP contribution in [0.4, 0.5) is 4.39 Å². The Labute approximate surface area is 175 Å². The van der Waals surface area contributed by atoms with E-state index in [0.29, 0.717) is 31.9 Å². The monoisotopic (exact) mass is 426 g/mol. The van der Waals surface area contributed by atoms with E-state index in [1.807, 2.05) is 0 Å². The molecule has 8 nitrogen and oxygen atoms in total. The summed E-state index contributed by atoms with van der Waals surface area (Å²) in [5.41, 5.74) is -1.13. The number of amides is 1. The van der Waals surface area contributed by atoms with Gasteiger partial charge in [0.2, 0.25) is 0 Å². The molecule has 9 heteroatoms. The van der Waals surface area contributed by atoms with Crippen LogP contribution in [0.2, 0.25) is 0 Å². The summed E-state index contributed by atoms with van der Waals surface area (Å²) in [6.45, 7) is 3.88. The first-order chi connectivity index (χ1) is 14.4. The van der Waals surface area contributed by atoms with E-state index in [4.69, 9.17) is 14.2 Å². The molecule has 3 N–H and O–H groups in total. The molecule has 30 heavy (non-hydrogen) atoms. The summed E-state index contributed by atoms with van der Waals surface area (Å²) in [5, 5.41) is 23.4. The molecule has 1 aliphatic heterocycles. The van der Waals surface area contributed by atoms with Gasteiger partial charge in [-0.25, -0.2) is 4.39 Å². The third-order valence-electron chi connectivity index (χ3n) is 5.84. The van der Waals surface area contributed by atoms with E-state index in [2.05, 4.69) is 10.2 Å². The Kier molecular flexibility index (Phi) is 8.15. The molecule has 1 aliphatic carbocycles. The first-order valence-corrected chi connectivity index (χ1v) is 10.3. The van der Waals surface area contributed by atoms with Crippen molar-refractivity contribution in [1.82, 2.24) is 10.2 Å². The van der Waals surface area contributed by atoms with Crippen LogP contribution in [-0.4, -0.2) is 91.4 Å². The smallest absolute Gasteiger partial charge is 0.252 e. The molecule has 1 saturated carbocycles. The molecule has 3 rings (SSSR count). The lowest BCUT2D eigenvalue weighted by molar-refractivity contribution is -0.194. The van der Waals surface area contributed by atoms with E-state index in [9.17, 15) is 19.4 Å². The van der Waals surface area contributed by atoms with Crippen LogP contribution in [0.5, 0.6) is 0 Å². The SMILES string of the molecule is CO[C@H]1C[C@](OCc2ccccc2F)(C(=O)NCCN2CCOCC2)C[C@@H](O)[C@H]1O. The average Bonchev–Trinajstić information content (AvgIpc) is 2.76. The molecule has 1 amide bonds. The summed E-state index contributed by atoms with van der Waals surface area (Å²) in [4.78, 5) is 15.3. The standard InChI is InChI=1S/C21H31FN2O6/c1-28-18-13-21(12-17(25)19(18)26,30-14-15-4-2-3-5-16(15)22)20(27)23-6-7-24-8-10-29-11-9-24/h2-5,17-19,25-26H,6-14H2,1H3,(H,23,27)/t17-,18+,19-,21+/m1/s1. The Bertz CT molecular complexity index is 702. The molecule has 1 aromatic rings. The lowest BCUT2D eigenvalue weighted by Gasteiger charge is -2.43. The van der Waals surface area contributed by atoms with Crippen LogP contribution in [-0.2, 0) is 25.6 Å². The number of methoxy groups -OCH3 is 1. The Hall–Kier alpha value is -1.62. The number of halogens is 1. The van der Waals surface area contributed by atoms with Crippen molar-refractivity contribution in [2.75, 3.05) is 46.5 Å². The van der Waals surface area contributed by atoms with Gasteiger partial charge in [0.1, 0.15) is 11.9 Å². The topological polar surface area (TPSA) is 100 Å². The van der Waals surface area contributed by atoms with E-state index >= 15 is 0 Å². The second-order valence-electron chi connectivity index (χ2n) is 7.82. The van der Waals surface area contributed by atoms with Gasteiger partial charge >= 0.3 is 0 Å². The van der Waals surface area contributed by atoms with E-state index in [0.717, 1.165) is 13.1 Å². The van der Waals surface area contributed by atoms with Crippen LogP contribution in [0.25, 0.3) is 0 Å². The number of morpholine rings is 1. The fourth-order valence-corrected chi connectivity index (χ4v) is 3.97. The van der Waals surface area contributed by atoms with Gasteiger partial charge in [-0.1, -0.05) is 18.2 Å². The summed E-state index contributed by atoms with van der Waals surface area (Å²) in [6.07, 6.45) is -3.15. The summed E-state index contributed by atoms with van der Waals surface area (Å²) in [7, 11) is 1.41. The van der Waals surface area contributed by atoms with Crippen molar-refractivity contribution < 1.29 is 33.6 Å². The van der Waals surface area contributed by atoms with E-state index in [1.165, 1.54) is 13.2 Å². The van der Waals surface area contributed by atoms with Crippen LogP contribution >= 0.6 is 0 Å². The lowest BCUT2D eigenvalue weighted by Crippen LogP contribution is -2.61. The molecule has 0 unspecified atom stereocenters. The molecule has 1 saturated heterocycles. The minimum absolute atomic E-state index is 0.0551. The van der Waals surface area contributed by atoms with Gasteiger partial charge in [0.15, 0.2) is 5.60 Å². The maximum atomic E-state index is 14.0. The largest absolute Gasteiger partial charge is 0.390 e. The van der Waals surface area contributed by atoms with Gasteiger partial charge in [-0.05, 0) is 6.07 Å². The number of hydrogen-bond donors (Lipinski definition) is 3. The van der Waals surface area contributed by atoms with Crippen LogP contribution in [0.1, 0.15) is 18.4 Å². The Morgan fingerprint density at radius 3 is 2.73 bits per heavy atom. The molecule has 0 aromatic heterocycles. The zero-order valence-electron chi connectivity index (χ0n) is 17.3. The highest BCUT2D eigenvalue weighted by molar-refractivity contribution is 5.85. The normalized spacial score (nSPS) is 30.2. The zero-order valence-corrected chi connectivity index (χ0v) is 17.3. The second-order valence-corrected chi connectivity index (χ2v) is 7.82.